The summed E-state index contributed by atoms with van der Waals surface area (Å²) in [5.74, 6) is 0.427. The maximum atomic E-state index is 12.3. The molecular weight excluding hydrogens is 258 g/mol. The van der Waals surface area contributed by atoms with E-state index in [-0.39, 0.29) is 6.61 Å². The van der Waals surface area contributed by atoms with E-state index in [0.717, 1.165) is 12.8 Å². The molecule has 17 heavy (non-hydrogen) atoms. The number of aliphatic hydroxyl groups excluding tert-OH is 1. The first-order chi connectivity index (χ1) is 8.04. The Morgan fingerprint density at radius 3 is 2.94 bits per heavy atom. The number of nitrogens with zero attached hydrogens (tertiary/aromatic N) is 1. The zero-order valence-electron chi connectivity index (χ0n) is 9.80. The van der Waals surface area contributed by atoms with Gasteiger partial charge in [-0.15, -0.1) is 11.3 Å². The third-order valence-electron chi connectivity index (χ3n) is 3.03. The van der Waals surface area contributed by atoms with E-state index >= 15 is 0 Å². The molecule has 1 aliphatic rings. The van der Waals surface area contributed by atoms with Crippen molar-refractivity contribution < 1.29 is 13.5 Å². The molecule has 1 aliphatic heterocycles. The maximum absolute atomic E-state index is 12.3. The van der Waals surface area contributed by atoms with Crippen LogP contribution >= 0.6 is 11.3 Å². The molecule has 0 aliphatic carbocycles. The average molecular weight is 275 g/mol. The number of hydrogen-bond acceptors (Lipinski definition) is 4. The lowest BCUT2D eigenvalue weighted by Crippen LogP contribution is -2.38. The highest BCUT2D eigenvalue weighted by Crippen LogP contribution is 2.27. The van der Waals surface area contributed by atoms with Crippen molar-refractivity contribution in [3.8, 4) is 0 Å². The zero-order chi connectivity index (χ0) is 12.5. The van der Waals surface area contributed by atoms with E-state index in [1.807, 2.05) is 0 Å². The van der Waals surface area contributed by atoms with Crippen molar-refractivity contribution in [1.29, 1.82) is 0 Å². The van der Waals surface area contributed by atoms with Gasteiger partial charge in [-0.1, -0.05) is 6.92 Å². The molecule has 4 nitrogen and oxygen atoms in total. The molecule has 0 aromatic carbocycles. The van der Waals surface area contributed by atoms with Crippen LogP contribution in [0.25, 0.3) is 0 Å². The van der Waals surface area contributed by atoms with Gasteiger partial charge in [0.2, 0.25) is 0 Å². The van der Waals surface area contributed by atoms with Gasteiger partial charge < -0.3 is 5.11 Å². The van der Waals surface area contributed by atoms with Crippen LogP contribution in [0.4, 0.5) is 0 Å². The summed E-state index contributed by atoms with van der Waals surface area (Å²) in [6.07, 6.45) is 2.02. The van der Waals surface area contributed by atoms with Crippen LogP contribution in [0.15, 0.2) is 15.7 Å². The molecule has 1 N–H and O–H groups in total. The number of rotatable bonds is 3. The van der Waals surface area contributed by atoms with Crippen molar-refractivity contribution in [2.75, 3.05) is 13.1 Å². The first kappa shape index (κ1) is 13.0. The van der Waals surface area contributed by atoms with Crippen LogP contribution in [0.1, 0.15) is 25.3 Å². The molecule has 0 bridgehead atoms. The van der Waals surface area contributed by atoms with Crippen molar-refractivity contribution >= 4 is 21.4 Å². The fourth-order valence-electron chi connectivity index (χ4n) is 2.06. The molecule has 1 saturated heterocycles. The molecule has 6 heteroatoms. The maximum Gasteiger partial charge on any atom is 0.252 e. The molecule has 0 spiro atoms. The van der Waals surface area contributed by atoms with E-state index in [2.05, 4.69) is 6.92 Å². The van der Waals surface area contributed by atoms with E-state index in [1.165, 1.54) is 11.3 Å². The van der Waals surface area contributed by atoms with E-state index in [0.29, 0.717) is 28.8 Å². The number of sulfonamides is 1. The first-order valence-corrected chi connectivity index (χ1v) is 8.04. The van der Waals surface area contributed by atoms with E-state index in [4.69, 9.17) is 5.11 Å². The van der Waals surface area contributed by atoms with Gasteiger partial charge in [0.05, 0.1) is 6.61 Å². The summed E-state index contributed by atoms with van der Waals surface area (Å²) in [6.45, 7) is 3.19. The standard InChI is InChI=1S/C11H17NO3S2/c1-9-3-2-4-12(6-9)17(14,15)11-5-10(7-13)8-16-11/h5,8-9,13H,2-4,6-7H2,1H3. The van der Waals surface area contributed by atoms with Gasteiger partial charge in [0.15, 0.2) is 0 Å². The molecule has 0 saturated carbocycles. The van der Waals surface area contributed by atoms with Crippen molar-refractivity contribution in [2.45, 2.75) is 30.6 Å². The highest BCUT2D eigenvalue weighted by atomic mass is 32.2. The van der Waals surface area contributed by atoms with Crippen LogP contribution < -0.4 is 0 Å². The molecule has 0 radical (unpaired) electrons. The van der Waals surface area contributed by atoms with E-state index < -0.39 is 10.0 Å². The molecule has 1 unspecified atom stereocenters. The van der Waals surface area contributed by atoms with Crippen LogP contribution in [-0.2, 0) is 16.6 Å². The van der Waals surface area contributed by atoms with Gasteiger partial charge in [-0.05, 0) is 35.8 Å². The SMILES string of the molecule is CC1CCCN(S(=O)(=O)c2cc(CO)cs2)C1. The molecule has 1 aromatic heterocycles. The van der Waals surface area contributed by atoms with Gasteiger partial charge in [0.1, 0.15) is 4.21 Å². The first-order valence-electron chi connectivity index (χ1n) is 5.72. The minimum atomic E-state index is -3.34. The van der Waals surface area contributed by atoms with Gasteiger partial charge in [-0.3, -0.25) is 0 Å². The average Bonchev–Trinajstić information content (AvgIpc) is 2.78. The molecule has 2 rings (SSSR count). The van der Waals surface area contributed by atoms with Crippen LogP contribution in [0, 0.1) is 5.92 Å². The van der Waals surface area contributed by atoms with Crippen LogP contribution in [0.2, 0.25) is 0 Å². The normalized spacial score (nSPS) is 22.8. The Balaban J connectivity index is 2.23. The van der Waals surface area contributed by atoms with Crippen LogP contribution in [0.5, 0.6) is 0 Å². The molecule has 96 valence electrons. The Morgan fingerprint density at radius 1 is 1.59 bits per heavy atom. The highest BCUT2D eigenvalue weighted by molar-refractivity contribution is 7.91. The number of aliphatic hydroxyl groups is 1. The van der Waals surface area contributed by atoms with E-state index in [1.54, 1.807) is 15.8 Å². The summed E-state index contributed by atoms with van der Waals surface area (Å²) in [4.78, 5) is 0. The second-order valence-electron chi connectivity index (χ2n) is 4.54. The van der Waals surface area contributed by atoms with Crippen molar-refractivity contribution in [2.24, 2.45) is 5.92 Å². The Morgan fingerprint density at radius 2 is 2.35 bits per heavy atom. The Bertz CT molecular complexity index is 481. The number of thiophene rings is 1. The highest BCUT2D eigenvalue weighted by Gasteiger charge is 2.29. The predicted molar refractivity (Wildman–Crippen MR) is 67.4 cm³/mol. The lowest BCUT2D eigenvalue weighted by molar-refractivity contribution is 0.280. The lowest BCUT2D eigenvalue weighted by atomic mass is 10.0. The third kappa shape index (κ3) is 2.70. The van der Waals surface area contributed by atoms with Crippen LogP contribution in [-0.4, -0.2) is 30.9 Å². The molecule has 2 heterocycles. The monoisotopic (exact) mass is 275 g/mol. The molecule has 1 fully saturated rings. The second-order valence-corrected chi connectivity index (χ2v) is 7.62. The minimum Gasteiger partial charge on any atom is -0.392 e. The zero-order valence-corrected chi connectivity index (χ0v) is 11.4. The predicted octanol–water partition coefficient (Wildman–Crippen LogP) is 1.66. The van der Waals surface area contributed by atoms with Gasteiger partial charge in [0, 0.05) is 13.1 Å². The lowest BCUT2D eigenvalue weighted by Gasteiger charge is -2.29. The van der Waals surface area contributed by atoms with Crippen LogP contribution in [0.3, 0.4) is 0 Å². The number of piperidine rings is 1. The summed E-state index contributed by atoms with van der Waals surface area (Å²) in [6, 6.07) is 1.57. The minimum absolute atomic E-state index is 0.109. The van der Waals surface area contributed by atoms with Crippen molar-refractivity contribution in [1.82, 2.24) is 4.31 Å². The van der Waals surface area contributed by atoms with Crippen molar-refractivity contribution in [3.05, 3.63) is 17.0 Å². The summed E-state index contributed by atoms with van der Waals surface area (Å²) in [5, 5.41) is 10.7. The van der Waals surface area contributed by atoms with Gasteiger partial charge in [0.25, 0.3) is 10.0 Å². The molecular formula is C11H17NO3S2. The summed E-state index contributed by atoms with van der Waals surface area (Å²) in [7, 11) is -3.34. The molecule has 0 amide bonds. The molecule has 1 atom stereocenters. The van der Waals surface area contributed by atoms with Gasteiger partial charge in [-0.2, -0.15) is 4.31 Å². The fraction of sp³-hybridized carbons (Fsp3) is 0.636. The largest absolute Gasteiger partial charge is 0.392 e. The Labute approximate surface area is 106 Å². The second kappa shape index (κ2) is 5.06. The fourth-order valence-corrected chi connectivity index (χ4v) is 5.01. The van der Waals surface area contributed by atoms with E-state index in [9.17, 15) is 8.42 Å². The summed E-state index contributed by atoms with van der Waals surface area (Å²) < 4.78 is 26.5. The molecule has 1 aromatic rings. The Kier molecular flexibility index (Phi) is 3.87. The number of hydrogen-bond donors (Lipinski definition) is 1. The smallest absolute Gasteiger partial charge is 0.252 e. The third-order valence-corrected chi connectivity index (χ3v) is 6.36. The van der Waals surface area contributed by atoms with Crippen molar-refractivity contribution in [3.63, 3.8) is 0 Å². The van der Waals surface area contributed by atoms with Gasteiger partial charge in [-0.25, -0.2) is 8.42 Å². The topological polar surface area (TPSA) is 57.6 Å². The summed E-state index contributed by atoms with van der Waals surface area (Å²) in [5.41, 5.74) is 0.665. The Hall–Kier alpha value is -0.430. The quantitative estimate of drug-likeness (QED) is 0.912. The summed E-state index contributed by atoms with van der Waals surface area (Å²) >= 11 is 1.19. The van der Waals surface area contributed by atoms with Gasteiger partial charge >= 0.3 is 0 Å².